The number of nitrogens with zero attached hydrogens (tertiary/aromatic N) is 1. The van der Waals surface area contributed by atoms with Gasteiger partial charge in [0.25, 0.3) is 0 Å². The summed E-state index contributed by atoms with van der Waals surface area (Å²) in [5.74, 6) is 0.354. The lowest BCUT2D eigenvalue weighted by atomic mass is 9.99. The van der Waals surface area contributed by atoms with Crippen molar-refractivity contribution in [1.29, 1.82) is 0 Å². The molecule has 1 unspecified atom stereocenters. The van der Waals surface area contributed by atoms with Gasteiger partial charge in [0.1, 0.15) is 0 Å². The second kappa shape index (κ2) is 7.39. The van der Waals surface area contributed by atoms with Crippen molar-refractivity contribution in [3.63, 3.8) is 0 Å². The van der Waals surface area contributed by atoms with Gasteiger partial charge in [0.05, 0.1) is 6.61 Å². The molecule has 0 fully saturated rings. The number of rotatable bonds is 7. The molecule has 0 bridgehead atoms. The van der Waals surface area contributed by atoms with Gasteiger partial charge in [-0.15, -0.1) is 0 Å². The largest absolute Gasteiger partial charge is 0.395 e. The molecule has 0 saturated heterocycles. The molecule has 1 rings (SSSR count). The first-order chi connectivity index (χ1) is 7.81. The summed E-state index contributed by atoms with van der Waals surface area (Å²) < 4.78 is 0. The summed E-state index contributed by atoms with van der Waals surface area (Å²) in [4.78, 5) is 2.23. The van der Waals surface area contributed by atoms with Gasteiger partial charge in [-0.2, -0.15) is 0 Å². The molecule has 16 heavy (non-hydrogen) atoms. The molecule has 1 aromatic carbocycles. The molecule has 0 radical (unpaired) electrons. The van der Waals surface area contributed by atoms with Crippen LogP contribution in [0.3, 0.4) is 0 Å². The molecule has 0 amide bonds. The second-order valence-corrected chi connectivity index (χ2v) is 3.96. The molecule has 0 spiro atoms. The molecule has 90 valence electrons. The first-order valence-corrected chi connectivity index (χ1v) is 5.90. The topological polar surface area (TPSA) is 49.5 Å². The normalized spacial score (nSPS) is 13.0. The number of benzene rings is 1. The molecule has 0 aliphatic carbocycles. The van der Waals surface area contributed by atoms with Crippen LogP contribution in [0.2, 0.25) is 0 Å². The third-order valence-corrected chi connectivity index (χ3v) is 2.90. The minimum atomic E-state index is 0.208. The molecule has 0 heterocycles. The zero-order valence-electron chi connectivity index (χ0n) is 9.97. The molecular formula is C13H22N2O. The number of aliphatic hydroxyl groups excluding tert-OH is 1. The molecule has 0 saturated carbocycles. The van der Waals surface area contributed by atoms with Crippen LogP contribution in [0.4, 0.5) is 0 Å². The van der Waals surface area contributed by atoms with Crippen molar-refractivity contribution in [2.75, 3.05) is 32.8 Å². The van der Waals surface area contributed by atoms with Gasteiger partial charge in [-0.25, -0.2) is 0 Å². The third-order valence-electron chi connectivity index (χ3n) is 2.90. The lowest BCUT2D eigenvalue weighted by Crippen LogP contribution is -2.33. The predicted molar refractivity (Wildman–Crippen MR) is 67.4 cm³/mol. The van der Waals surface area contributed by atoms with E-state index in [9.17, 15) is 0 Å². The van der Waals surface area contributed by atoms with Crippen molar-refractivity contribution in [3.8, 4) is 0 Å². The van der Waals surface area contributed by atoms with Crippen LogP contribution in [-0.2, 0) is 0 Å². The highest BCUT2D eigenvalue weighted by atomic mass is 16.3. The van der Waals surface area contributed by atoms with Crippen LogP contribution in [0.25, 0.3) is 0 Å². The molecule has 0 aliphatic heterocycles. The fourth-order valence-corrected chi connectivity index (χ4v) is 1.87. The van der Waals surface area contributed by atoms with E-state index in [-0.39, 0.29) is 6.61 Å². The van der Waals surface area contributed by atoms with Gasteiger partial charge in [-0.3, -0.25) is 0 Å². The van der Waals surface area contributed by atoms with E-state index in [4.69, 9.17) is 10.8 Å². The Bertz CT molecular complexity index is 277. The van der Waals surface area contributed by atoms with Crippen molar-refractivity contribution >= 4 is 0 Å². The van der Waals surface area contributed by atoms with Gasteiger partial charge in [0, 0.05) is 25.6 Å². The Hall–Kier alpha value is -0.900. The molecule has 0 aromatic heterocycles. The Kier molecular flexibility index (Phi) is 6.08. The summed E-state index contributed by atoms with van der Waals surface area (Å²) in [7, 11) is 0. The highest BCUT2D eigenvalue weighted by molar-refractivity contribution is 5.20. The van der Waals surface area contributed by atoms with E-state index in [1.807, 2.05) is 18.2 Å². The lowest BCUT2D eigenvalue weighted by Gasteiger charge is -2.25. The Labute approximate surface area is 97.9 Å². The van der Waals surface area contributed by atoms with Crippen molar-refractivity contribution < 1.29 is 5.11 Å². The highest BCUT2D eigenvalue weighted by Gasteiger charge is 2.13. The van der Waals surface area contributed by atoms with E-state index in [2.05, 4.69) is 24.0 Å². The lowest BCUT2D eigenvalue weighted by molar-refractivity contribution is 0.195. The van der Waals surface area contributed by atoms with Gasteiger partial charge in [-0.05, 0) is 12.1 Å². The summed E-state index contributed by atoms with van der Waals surface area (Å²) in [5, 5.41) is 8.95. The molecule has 3 nitrogen and oxygen atoms in total. The smallest absolute Gasteiger partial charge is 0.0558 e. The quantitative estimate of drug-likeness (QED) is 0.725. The minimum absolute atomic E-state index is 0.208. The van der Waals surface area contributed by atoms with E-state index in [1.54, 1.807) is 0 Å². The number of hydrogen-bond donors (Lipinski definition) is 2. The number of aliphatic hydroxyl groups is 1. The molecular weight excluding hydrogens is 200 g/mol. The standard InChI is InChI=1S/C13H22N2O/c1-2-15(8-9-16)11-13(10-14)12-6-4-3-5-7-12/h3-7,13,16H,2,8-11,14H2,1H3. The van der Waals surface area contributed by atoms with Crippen LogP contribution in [0.15, 0.2) is 30.3 Å². The van der Waals surface area contributed by atoms with Crippen LogP contribution < -0.4 is 5.73 Å². The maximum absolute atomic E-state index is 8.95. The summed E-state index contributed by atoms with van der Waals surface area (Å²) in [6.07, 6.45) is 0. The second-order valence-electron chi connectivity index (χ2n) is 3.96. The number of likely N-dealkylation sites (N-methyl/N-ethyl adjacent to an activating group) is 1. The fraction of sp³-hybridized carbons (Fsp3) is 0.538. The van der Waals surface area contributed by atoms with Crippen LogP contribution >= 0.6 is 0 Å². The van der Waals surface area contributed by atoms with E-state index in [1.165, 1.54) is 5.56 Å². The molecule has 1 atom stereocenters. The monoisotopic (exact) mass is 222 g/mol. The van der Waals surface area contributed by atoms with Crippen molar-refractivity contribution in [2.45, 2.75) is 12.8 Å². The Morgan fingerprint density at radius 2 is 2.00 bits per heavy atom. The van der Waals surface area contributed by atoms with Crippen LogP contribution in [0.1, 0.15) is 18.4 Å². The van der Waals surface area contributed by atoms with E-state index in [0.29, 0.717) is 12.5 Å². The first kappa shape index (κ1) is 13.2. The van der Waals surface area contributed by atoms with Gasteiger partial charge < -0.3 is 15.7 Å². The molecule has 3 heteroatoms. The number of nitrogens with two attached hydrogens (primary N) is 1. The number of hydrogen-bond acceptors (Lipinski definition) is 3. The Morgan fingerprint density at radius 3 is 2.50 bits per heavy atom. The van der Waals surface area contributed by atoms with Gasteiger partial charge >= 0.3 is 0 Å². The highest BCUT2D eigenvalue weighted by Crippen LogP contribution is 2.15. The maximum atomic E-state index is 8.95. The van der Waals surface area contributed by atoms with Crippen LogP contribution in [0, 0.1) is 0 Å². The fourth-order valence-electron chi connectivity index (χ4n) is 1.87. The van der Waals surface area contributed by atoms with Crippen LogP contribution in [0.5, 0.6) is 0 Å². The molecule has 0 aliphatic rings. The predicted octanol–water partition coefficient (Wildman–Crippen LogP) is 1.04. The van der Waals surface area contributed by atoms with Gasteiger partial charge in [-0.1, -0.05) is 37.3 Å². The maximum Gasteiger partial charge on any atom is 0.0558 e. The Morgan fingerprint density at radius 1 is 1.31 bits per heavy atom. The zero-order chi connectivity index (χ0) is 11.8. The van der Waals surface area contributed by atoms with Gasteiger partial charge in [0.15, 0.2) is 0 Å². The first-order valence-electron chi connectivity index (χ1n) is 5.90. The van der Waals surface area contributed by atoms with Gasteiger partial charge in [0.2, 0.25) is 0 Å². The zero-order valence-corrected chi connectivity index (χ0v) is 9.97. The molecule has 3 N–H and O–H groups in total. The van der Waals surface area contributed by atoms with E-state index in [0.717, 1.165) is 19.6 Å². The average molecular weight is 222 g/mol. The summed E-state index contributed by atoms with van der Waals surface area (Å²) in [5.41, 5.74) is 7.09. The SMILES string of the molecule is CCN(CCO)CC(CN)c1ccccc1. The van der Waals surface area contributed by atoms with Crippen LogP contribution in [-0.4, -0.2) is 42.8 Å². The minimum Gasteiger partial charge on any atom is -0.395 e. The van der Waals surface area contributed by atoms with Crippen molar-refractivity contribution in [3.05, 3.63) is 35.9 Å². The van der Waals surface area contributed by atoms with Crippen molar-refractivity contribution in [2.24, 2.45) is 5.73 Å². The Balaban J connectivity index is 2.61. The van der Waals surface area contributed by atoms with E-state index < -0.39 is 0 Å². The molecule has 1 aromatic rings. The average Bonchev–Trinajstić information content (AvgIpc) is 2.35. The summed E-state index contributed by atoms with van der Waals surface area (Å²) >= 11 is 0. The van der Waals surface area contributed by atoms with E-state index >= 15 is 0 Å². The van der Waals surface area contributed by atoms with Crippen molar-refractivity contribution in [1.82, 2.24) is 4.90 Å². The third kappa shape index (κ3) is 3.93. The summed E-state index contributed by atoms with van der Waals surface area (Å²) in [6, 6.07) is 10.3. The summed E-state index contributed by atoms with van der Waals surface area (Å²) in [6.45, 7) is 5.54.